The van der Waals surface area contributed by atoms with E-state index in [1.165, 1.54) is 6.07 Å². The van der Waals surface area contributed by atoms with E-state index < -0.39 is 6.61 Å². The van der Waals surface area contributed by atoms with Crippen LogP contribution in [0.2, 0.25) is 0 Å². The minimum atomic E-state index is -2.80. The number of ether oxygens (including phenoxy) is 1. The van der Waals surface area contributed by atoms with Gasteiger partial charge in [-0.3, -0.25) is 4.99 Å². The zero-order valence-corrected chi connectivity index (χ0v) is 10.4. The van der Waals surface area contributed by atoms with E-state index in [0.717, 1.165) is 5.56 Å². The zero-order valence-electron chi connectivity index (χ0n) is 10.4. The van der Waals surface area contributed by atoms with E-state index in [1.807, 2.05) is 0 Å². The third-order valence-electron chi connectivity index (χ3n) is 2.34. The lowest BCUT2D eigenvalue weighted by molar-refractivity contribution is -0.0504. The quantitative estimate of drug-likeness (QED) is 0.622. The lowest BCUT2D eigenvalue weighted by Gasteiger charge is -2.12. The highest BCUT2D eigenvalue weighted by Gasteiger charge is 2.08. The van der Waals surface area contributed by atoms with E-state index in [2.05, 4.69) is 20.4 Å². The molecule has 1 aromatic carbocycles. The topological polar surface area (TPSA) is 45.7 Å². The Kier molecular flexibility index (Phi) is 5.90. The molecule has 18 heavy (non-hydrogen) atoms. The molecule has 0 aromatic heterocycles. The molecular formula is C12H17F2N3O. The molecular weight excluding hydrogens is 240 g/mol. The molecule has 0 heterocycles. The number of halogens is 2. The van der Waals surface area contributed by atoms with Crippen LogP contribution >= 0.6 is 0 Å². The molecule has 1 aromatic rings. The van der Waals surface area contributed by atoms with Gasteiger partial charge in [-0.25, -0.2) is 0 Å². The van der Waals surface area contributed by atoms with E-state index in [0.29, 0.717) is 18.9 Å². The maximum Gasteiger partial charge on any atom is 0.387 e. The Hall–Kier alpha value is -1.85. The van der Waals surface area contributed by atoms with Crippen LogP contribution < -0.4 is 15.4 Å². The SMILES string of the molecule is CN=C(NC)NCCc1ccccc1OC(F)F. The summed E-state index contributed by atoms with van der Waals surface area (Å²) in [5.74, 6) is 0.871. The first-order valence-electron chi connectivity index (χ1n) is 5.58. The van der Waals surface area contributed by atoms with E-state index >= 15 is 0 Å². The number of benzene rings is 1. The Labute approximate surface area is 105 Å². The first kappa shape index (κ1) is 14.2. The number of hydrogen-bond acceptors (Lipinski definition) is 2. The van der Waals surface area contributed by atoms with Gasteiger partial charge in [0.25, 0.3) is 0 Å². The van der Waals surface area contributed by atoms with Crippen LogP contribution in [0.25, 0.3) is 0 Å². The zero-order chi connectivity index (χ0) is 13.4. The van der Waals surface area contributed by atoms with Crippen molar-refractivity contribution in [1.82, 2.24) is 10.6 Å². The van der Waals surface area contributed by atoms with Gasteiger partial charge < -0.3 is 15.4 Å². The molecule has 1 rings (SSSR count). The van der Waals surface area contributed by atoms with Gasteiger partial charge in [0.2, 0.25) is 0 Å². The minimum absolute atomic E-state index is 0.216. The predicted molar refractivity (Wildman–Crippen MR) is 67.2 cm³/mol. The first-order valence-corrected chi connectivity index (χ1v) is 5.58. The number of para-hydroxylation sites is 1. The fourth-order valence-corrected chi connectivity index (χ4v) is 1.52. The van der Waals surface area contributed by atoms with Crippen molar-refractivity contribution >= 4 is 5.96 Å². The lowest BCUT2D eigenvalue weighted by Crippen LogP contribution is -2.35. The average molecular weight is 257 g/mol. The Bertz CT molecular complexity index is 397. The van der Waals surface area contributed by atoms with Crippen LogP contribution in [0.1, 0.15) is 5.56 Å². The highest BCUT2D eigenvalue weighted by molar-refractivity contribution is 5.79. The second-order valence-corrected chi connectivity index (χ2v) is 3.49. The van der Waals surface area contributed by atoms with Crippen LogP contribution in [-0.4, -0.2) is 33.2 Å². The molecule has 6 heteroatoms. The maximum absolute atomic E-state index is 12.2. The normalized spacial score (nSPS) is 11.5. The predicted octanol–water partition coefficient (Wildman–Crippen LogP) is 1.63. The van der Waals surface area contributed by atoms with E-state index in [9.17, 15) is 8.78 Å². The summed E-state index contributed by atoms with van der Waals surface area (Å²) in [4.78, 5) is 3.95. The molecule has 0 fully saturated rings. The summed E-state index contributed by atoms with van der Waals surface area (Å²) < 4.78 is 28.8. The summed E-state index contributed by atoms with van der Waals surface area (Å²) in [7, 11) is 3.41. The second kappa shape index (κ2) is 7.47. The molecule has 0 atom stereocenters. The fourth-order valence-electron chi connectivity index (χ4n) is 1.52. The second-order valence-electron chi connectivity index (χ2n) is 3.49. The number of alkyl halides is 2. The molecule has 0 spiro atoms. The molecule has 2 N–H and O–H groups in total. The molecule has 0 aliphatic carbocycles. The van der Waals surface area contributed by atoms with Gasteiger partial charge in [-0.2, -0.15) is 8.78 Å². The molecule has 0 unspecified atom stereocenters. The standard InChI is InChI=1S/C12H17F2N3O/c1-15-12(16-2)17-8-7-9-5-3-4-6-10(9)18-11(13)14/h3-6,11H,7-8H2,1-2H3,(H2,15,16,17). The monoisotopic (exact) mass is 257 g/mol. The van der Waals surface area contributed by atoms with Crippen LogP contribution in [0.5, 0.6) is 5.75 Å². The van der Waals surface area contributed by atoms with Gasteiger partial charge in [-0.1, -0.05) is 18.2 Å². The largest absolute Gasteiger partial charge is 0.435 e. The number of nitrogens with one attached hydrogen (secondary N) is 2. The van der Waals surface area contributed by atoms with Crippen molar-refractivity contribution in [2.45, 2.75) is 13.0 Å². The molecule has 0 saturated carbocycles. The van der Waals surface area contributed by atoms with E-state index in [4.69, 9.17) is 0 Å². The van der Waals surface area contributed by atoms with Crippen molar-refractivity contribution < 1.29 is 13.5 Å². The molecule has 0 radical (unpaired) electrons. The van der Waals surface area contributed by atoms with Crippen molar-refractivity contribution in [3.8, 4) is 5.75 Å². The minimum Gasteiger partial charge on any atom is -0.435 e. The molecule has 0 saturated heterocycles. The van der Waals surface area contributed by atoms with E-state index in [1.54, 1.807) is 32.3 Å². The Morgan fingerprint density at radius 3 is 2.72 bits per heavy atom. The Morgan fingerprint density at radius 1 is 1.39 bits per heavy atom. The van der Waals surface area contributed by atoms with E-state index in [-0.39, 0.29) is 5.75 Å². The molecule has 0 aliphatic heterocycles. The van der Waals surface area contributed by atoms with Gasteiger partial charge in [0.05, 0.1) is 0 Å². The van der Waals surface area contributed by atoms with Crippen molar-refractivity contribution in [2.24, 2.45) is 4.99 Å². The molecule has 0 bridgehead atoms. The maximum atomic E-state index is 12.2. The number of rotatable bonds is 5. The van der Waals surface area contributed by atoms with Crippen molar-refractivity contribution in [2.75, 3.05) is 20.6 Å². The first-order chi connectivity index (χ1) is 8.67. The number of hydrogen-bond donors (Lipinski definition) is 2. The summed E-state index contributed by atoms with van der Waals surface area (Å²) in [5, 5.41) is 5.92. The van der Waals surface area contributed by atoms with Crippen molar-refractivity contribution in [1.29, 1.82) is 0 Å². The number of nitrogens with zero attached hydrogens (tertiary/aromatic N) is 1. The average Bonchev–Trinajstić information content (AvgIpc) is 2.36. The number of guanidine groups is 1. The van der Waals surface area contributed by atoms with Crippen LogP contribution in [-0.2, 0) is 6.42 Å². The highest BCUT2D eigenvalue weighted by Crippen LogP contribution is 2.20. The smallest absolute Gasteiger partial charge is 0.387 e. The van der Waals surface area contributed by atoms with Crippen molar-refractivity contribution in [3.05, 3.63) is 29.8 Å². The third-order valence-corrected chi connectivity index (χ3v) is 2.34. The van der Waals surface area contributed by atoms with Gasteiger partial charge in [0.1, 0.15) is 5.75 Å². The molecule has 4 nitrogen and oxygen atoms in total. The number of aliphatic imine (C=N–C) groups is 1. The summed E-state index contributed by atoms with van der Waals surface area (Å²) >= 11 is 0. The Morgan fingerprint density at radius 2 is 2.11 bits per heavy atom. The summed E-state index contributed by atoms with van der Waals surface area (Å²) in [6.45, 7) is -2.22. The lowest BCUT2D eigenvalue weighted by atomic mass is 10.1. The summed E-state index contributed by atoms with van der Waals surface area (Å²) in [6, 6.07) is 6.76. The van der Waals surface area contributed by atoms with Gasteiger partial charge in [-0.05, 0) is 18.1 Å². The molecule has 100 valence electrons. The third kappa shape index (κ3) is 4.57. The van der Waals surface area contributed by atoms with Gasteiger partial charge in [-0.15, -0.1) is 0 Å². The Balaban J connectivity index is 2.56. The van der Waals surface area contributed by atoms with Crippen molar-refractivity contribution in [3.63, 3.8) is 0 Å². The van der Waals surface area contributed by atoms with Crippen LogP contribution in [0, 0.1) is 0 Å². The molecule has 0 amide bonds. The fraction of sp³-hybridized carbons (Fsp3) is 0.417. The molecule has 0 aliphatic rings. The summed E-state index contributed by atoms with van der Waals surface area (Å²) in [5.41, 5.74) is 0.733. The highest BCUT2D eigenvalue weighted by atomic mass is 19.3. The van der Waals surface area contributed by atoms with Gasteiger partial charge >= 0.3 is 6.61 Å². The van der Waals surface area contributed by atoms with Crippen LogP contribution in [0.4, 0.5) is 8.78 Å². The van der Waals surface area contributed by atoms with Gasteiger partial charge in [0, 0.05) is 20.6 Å². The summed E-state index contributed by atoms with van der Waals surface area (Å²) in [6.07, 6.45) is 0.573. The van der Waals surface area contributed by atoms with Gasteiger partial charge in [0.15, 0.2) is 5.96 Å². The van der Waals surface area contributed by atoms with Crippen LogP contribution in [0.3, 0.4) is 0 Å². The van der Waals surface area contributed by atoms with Crippen LogP contribution in [0.15, 0.2) is 29.3 Å².